The second-order valence-electron chi connectivity index (χ2n) is 9.93. The Balaban J connectivity index is 1.87. The van der Waals surface area contributed by atoms with Crippen LogP contribution in [0.3, 0.4) is 0 Å². The van der Waals surface area contributed by atoms with Crippen LogP contribution in [0.5, 0.6) is 11.5 Å². The van der Waals surface area contributed by atoms with E-state index in [-0.39, 0.29) is 11.1 Å². The zero-order valence-electron chi connectivity index (χ0n) is 22.4. The van der Waals surface area contributed by atoms with Crippen LogP contribution in [0.2, 0.25) is 18.1 Å². The number of benzene rings is 2. The molecule has 0 fully saturated rings. The van der Waals surface area contributed by atoms with E-state index in [9.17, 15) is 0 Å². The molecule has 0 heterocycles. The van der Waals surface area contributed by atoms with E-state index in [1.54, 1.807) is 14.2 Å². The van der Waals surface area contributed by atoms with Gasteiger partial charge in [-0.3, -0.25) is 0 Å². The summed E-state index contributed by atoms with van der Waals surface area (Å²) in [6, 6.07) is 15.8. The van der Waals surface area contributed by atoms with Crippen LogP contribution in [0, 0.1) is 0 Å². The molecule has 0 saturated heterocycles. The first-order valence-corrected chi connectivity index (χ1v) is 15.0. The molecule has 0 N–H and O–H groups in total. The van der Waals surface area contributed by atoms with Gasteiger partial charge in [0.2, 0.25) is 0 Å². The smallest absolute Gasteiger partial charge is 0.193 e. The van der Waals surface area contributed by atoms with Gasteiger partial charge in [0.1, 0.15) is 11.5 Å². The van der Waals surface area contributed by atoms with Crippen LogP contribution in [-0.4, -0.2) is 41.9 Å². The van der Waals surface area contributed by atoms with Crippen LogP contribution < -0.4 is 9.47 Å². The third-order valence-electron chi connectivity index (χ3n) is 6.17. The van der Waals surface area contributed by atoms with Gasteiger partial charge in [-0.1, -0.05) is 69.3 Å². The van der Waals surface area contributed by atoms with E-state index in [2.05, 4.69) is 46.0 Å². The number of methoxy groups -OCH3 is 2. The van der Waals surface area contributed by atoms with Crippen molar-refractivity contribution in [3.63, 3.8) is 0 Å². The van der Waals surface area contributed by atoms with Crippen molar-refractivity contribution >= 4 is 8.32 Å². The Morgan fingerprint density at radius 2 is 1.11 bits per heavy atom. The first-order chi connectivity index (χ1) is 16.6. The molecule has 0 unspecified atom stereocenters. The van der Waals surface area contributed by atoms with E-state index >= 15 is 0 Å². The Morgan fingerprint density at radius 1 is 0.714 bits per heavy atom. The van der Waals surface area contributed by atoms with Gasteiger partial charge in [0.25, 0.3) is 0 Å². The molecule has 0 spiro atoms. The van der Waals surface area contributed by atoms with E-state index in [1.807, 2.05) is 60.7 Å². The Hall–Kier alpha value is -2.38. The molecular formula is C29H42O5Si. The molecule has 2 aromatic rings. The fraction of sp³-hybridized carbons (Fsp3) is 0.448. The fourth-order valence-electron chi connectivity index (χ4n) is 2.97. The standard InChI is InChI=1S/C29H42O5Si/c1-29(2,3)35(6,7)34-28(10-8-20-32-22-24-12-16-26(30-4)17-13-24)11-9-21-33-23-25-14-18-27(31-5)19-15-25/h8-19,28H,20-23H2,1-7H3/b10-8+,11-9+. The van der Waals surface area contributed by atoms with E-state index < -0.39 is 8.32 Å². The topological polar surface area (TPSA) is 46.2 Å². The van der Waals surface area contributed by atoms with Gasteiger partial charge in [0.15, 0.2) is 8.32 Å². The first-order valence-electron chi connectivity index (χ1n) is 12.1. The number of ether oxygens (including phenoxy) is 4. The lowest BCUT2D eigenvalue weighted by atomic mass is 10.2. The van der Waals surface area contributed by atoms with Crippen LogP contribution in [0.1, 0.15) is 31.9 Å². The normalized spacial score (nSPS) is 12.7. The number of rotatable bonds is 14. The van der Waals surface area contributed by atoms with Crippen molar-refractivity contribution in [2.45, 2.75) is 58.2 Å². The van der Waals surface area contributed by atoms with Gasteiger partial charge < -0.3 is 23.4 Å². The molecular weight excluding hydrogens is 456 g/mol. The van der Waals surface area contributed by atoms with Crippen LogP contribution in [0.15, 0.2) is 72.8 Å². The molecule has 0 atom stereocenters. The maximum atomic E-state index is 6.61. The molecule has 5 nitrogen and oxygen atoms in total. The lowest BCUT2D eigenvalue weighted by Gasteiger charge is -2.38. The summed E-state index contributed by atoms with van der Waals surface area (Å²) in [5.74, 6) is 1.69. The maximum Gasteiger partial charge on any atom is 0.193 e. The Kier molecular flexibility index (Phi) is 11.7. The Morgan fingerprint density at radius 3 is 1.46 bits per heavy atom. The summed E-state index contributed by atoms with van der Waals surface area (Å²) < 4.78 is 28.6. The summed E-state index contributed by atoms with van der Waals surface area (Å²) in [7, 11) is 1.40. The van der Waals surface area contributed by atoms with E-state index in [0.717, 1.165) is 22.6 Å². The third-order valence-corrected chi connectivity index (χ3v) is 10.6. The molecule has 6 heteroatoms. The fourth-order valence-corrected chi connectivity index (χ4v) is 4.16. The summed E-state index contributed by atoms with van der Waals surface area (Å²) in [4.78, 5) is 0. The summed E-state index contributed by atoms with van der Waals surface area (Å²) in [5, 5.41) is 0.128. The molecule has 2 rings (SSSR count). The lowest BCUT2D eigenvalue weighted by molar-refractivity contribution is 0.147. The minimum absolute atomic E-state index is 0.120. The molecule has 192 valence electrons. The van der Waals surface area contributed by atoms with Crippen molar-refractivity contribution < 1.29 is 23.4 Å². The van der Waals surface area contributed by atoms with Crippen LogP contribution in [0.4, 0.5) is 0 Å². The summed E-state index contributed by atoms with van der Waals surface area (Å²) in [6.07, 6.45) is 8.10. The van der Waals surface area contributed by atoms with Gasteiger partial charge in [-0.15, -0.1) is 0 Å². The summed E-state index contributed by atoms with van der Waals surface area (Å²) >= 11 is 0. The third kappa shape index (κ3) is 10.4. The summed E-state index contributed by atoms with van der Waals surface area (Å²) in [5.41, 5.74) is 2.23. The van der Waals surface area contributed by atoms with E-state index in [4.69, 9.17) is 23.4 Å². The molecule has 0 aromatic heterocycles. The highest BCUT2D eigenvalue weighted by molar-refractivity contribution is 6.74. The lowest BCUT2D eigenvalue weighted by Crippen LogP contribution is -2.43. The molecule has 2 aromatic carbocycles. The quantitative estimate of drug-likeness (QED) is 0.160. The van der Waals surface area contributed by atoms with Crippen LogP contribution in [-0.2, 0) is 27.1 Å². The molecule has 35 heavy (non-hydrogen) atoms. The zero-order chi connectivity index (χ0) is 25.7. The molecule has 0 saturated carbocycles. The average molecular weight is 499 g/mol. The highest BCUT2D eigenvalue weighted by Gasteiger charge is 2.38. The van der Waals surface area contributed by atoms with Gasteiger partial charge in [0.05, 0.1) is 46.8 Å². The Labute approximate surface area is 212 Å². The molecule has 0 amide bonds. The van der Waals surface area contributed by atoms with Gasteiger partial charge in [-0.05, 0) is 53.5 Å². The predicted molar refractivity (Wildman–Crippen MR) is 146 cm³/mol. The zero-order valence-corrected chi connectivity index (χ0v) is 23.4. The van der Waals surface area contributed by atoms with Crippen LogP contribution in [0.25, 0.3) is 0 Å². The second kappa shape index (κ2) is 14.2. The van der Waals surface area contributed by atoms with Crippen molar-refractivity contribution in [2.75, 3.05) is 27.4 Å². The van der Waals surface area contributed by atoms with Crippen molar-refractivity contribution in [1.82, 2.24) is 0 Å². The van der Waals surface area contributed by atoms with Crippen molar-refractivity contribution in [1.29, 1.82) is 0 Å². The average Bonchev–Trinajstić information content (AvgIpc) is 2.83. The predicted octanol–water partition coefficient (Wildman–Crippen LogP) is 6.94. The van der Waals surface area contributed by atoms with Gasteiger partial charge in [-0.25, -0.2) is 0 Å². The first kappa shape index (κ1) is 28.9. The molecule has 0 aliphatic carbocycles. The SMILES string of the molecule is COc1ccc(COC/C=C/C(/C=C/COCc2ccc(OC)cc2)O[Si](C)(C)C(C)(C)C)cc1. The highest BCUT2D eigenvalue weighted by atomic mass is 28.4. The van der Waals surface area contributed by atoms with Crippen molar-refractivity contribution in [3.05, 3.63) is 84.0 Å². The molecule has 0 aliphatic rings. The summed E-state index contributed by atoms with van der Waals surface area (Å²) in [6.45, 7) is 13.4. The van der Waals surface area contributed by atoms with E-state index in [1.165, 1.54) is 0 Å². The van der Waals surface area contributed by atoms with E-state index in [0.29, 0.717) is 26.4 Å². The van der Waals surface area contributed by atoms with Gasteiger partial charge >= 0.3 is 0 Å². The highest BCUT2D eigenvalue weighted by Crippen LogP contribution is 2.37. The molecule has 0 aliphatic heterocycles. The van der Waals surface area contributed by atoms with Crippen molar-refractivity contribution in [2.24, 2.45) is 0 Å². The van der Waals surface area contributed by atoms with Gasteiger partial charge in [-0.2, -0.15) is 0 Å². The van der Waals surface area contributed by atoms with Gasteiger partial charge in [0, 0.05) is 0 Å². The Bertz CT molecular complexity index is 848. The minimum atomic E-state index is -1.94. The second-order valence-corrected chi connectivity index (χ2v) is 14.7. The number of hydrogen-bond donors (Lipinski definition) is 0. The monoisotopic (exact) mass is 498 g/mol. The van der Waals surface area contributed by atoms with Crippen LogP contribution >= 0.6 is 0 Å². The van der Waals surface area contributed by atoms with Crippen molar-refractivity contribution in [3.8, 4) is 11.5 Å². The molecule has 0 radical (unpaired) electrons. The minimum Gasteiger partial charge on any atom is -0.497 e. The maximum absolute atomic E-state index is 6.61. The number of hydrogen-bond acceptors (Lipinski definition) is 5. The largest absolute Gasteiger partial charge is 0.497 e. The molecule has 0 bridgehead atoms.